The number of ether oxygens (including phenoxy) is 1. The number of rotatable bonds is 9. The summed E-state index contributed by atoms with van der Waals surface area (Å²) in [5, 5.41) is 21.2. The summed E-state index contributed by atoms with van der Waals surface area (Å²) in [4.78, 5) is 3.33. The summed E-state index contributed by atoms with van der Waals surface area (Å²) in [6.07, 6.45) is 1.41. The van der Waals surface area contributed by atoms with Crippen LogP contribution in [0.2, 0.25) is 0 Å². The minimum Gasteiger partial charge on any atom is -0.390 e. The van der Waals surface area contributed by atoms with E-state index < -0.39 is 6.10 Å². The molecular formula is C24H28N4O2S. The highest BCUT2D eigenvalue weighted by molar-refractivity contribution is 7.99. The van der Waals surface area contributed by atoms with Crippen molar-refractivity contribution in [3.8, 4) is 17.1 Å². The van der Waals surface area contributed by atoms with Crippen LogP contribution in [0, 0.1) is 12.8 Å². The van der Waals surface area contributed by atoms with Gasteiger partial charge in [-0.3, -0.25) is 4.57 Å². The van der Waals surface area contributed by atoms with Gasteiger partial charge in [0.1, 0.15) is 0 Å². The van der Waals surface area contributed by atoms with E-state index in [1.165, 1.54) is 11.8 Å². The SMILES string of the molecule is Cc1ccccc1-n1c(SCC(O)COCC(C)C)nnc1-c1c[nH]c2ccccc12. The number of aryl methyl sites for hydroxylation is 1. The van der Waals surface area contributed by atoms with Gasteiger partial charge in [-0.05, 0) is 30.5 Å². The zero-order valence-corrected chi connectivity index (χ0v) is 18.9. The molecule has 2 aromatic heterocycles. The maximum Gasteiger partial charge on any atom is 0.196 e. The molecule has 2 heterocycles. The van der Waals surface area contributed by atoms with E-state index in [0.29, 0.717) is 24.9 Å². The van der Waals surface area contributed by atoms with Crippen LogP contribution in [-0.4, -0.2) is 49.9 Å². The first-order valence-corrected chi connectivity index (χ1v) is 11.5. The van der Waals surface area contributed by atoms with Crippen molar-refractivity contribution in [2.45, 2.75) is 32.0 Å². The molecule has 162 valence electrons. The van der Waals surface area contributed by atoms with Crippen LogP contribution in [-0.2, 0) is 4.74 Å². The number of aliphatic hydroxyl groups is 1. The van der Waals surface area contributed by atoms with Gasteiger partial charge in [0.2, 0.25) is 0 Å². The second-order valence-corrected chi connectivity index (χ2v) is 9.06. The van der Waals surface area contributed by atoms with E-state index in [9.17, 15) is 5.11 Å². The third kappa shape index (κ3) is 4.84. The van der Waals surface area contributed by atoms with Gasteiger partial charge in [-0.2, -0.15) is 0 Å². The molecule has 0 spiro atoms. The molecule has 0 aliphatic rings. The van der Waals surface area contributed by atoms with Gasteiger partial charge in [0.05, 0.1) is 18.4 Å². The lowest BCUT2D eigenvalue weighted by Gasteiger charge is -2.14. The van der Waals surface area contributed by atoms with Crippen LogP contribution in [0.1, 0.15) is 19.4 Å². The summed E-state index contributed by atoms with van der Waals surface area (Å²) in [7, 11) is 0. The van der Waals surface area contributed by atoms with Crippen molar-refractivity contribution >= 4 is 22.7 Å². The van der Waals surface area contributed by atoms with E-state index >= 15 is 0 Å². The molecule has 0 aliphatic carbocycles. The molecule has 4 rings (SSSR count). The van der Waals surface area contributed by atoms with Crippen molar-refractivity contribution in [1.82, 2.24) is 19.7 Å². The van der Waals surface area contributed by atoms with Gasteiger partial charge in [-0.25, -0.2) is 0 Å². The molecule has 4 aromatic rings. The number of aliphatic hydroxyl groups excluding tert-OH is 1. The molecule has 0 fully saturated rings. The summed E-state index contributed by atoms with van der Waals surface area (Å²) in [5.41, 5.74) is 4.22. The number of H-pyrrole nitrogens is 1. The number of aromatic nitrogens is 4. The lowest BCUT2D eigenvalue weighted by molar-refractivity contribution is 0.0364. The first-order chi connectivity index (χ1) is 15.0. The van der Waals surface area contributed by atoms with Crippen LogP contribution in [0.15, 0.2) is 59.9 Å². The van der Waals surface area contributed by atoms with Gasteiger partial charge in [0.15, 0.2) is 11.0 Å². The molecule has 0 aliphatic heterocycles. The molecule has 0 bridgehead atoms. The topological polar surface area (TPSA) is 76.0 Å². The normalized spacial score (nSPS) is 12.7. The smallest absolute Gasteiger partial charge is 0.196 e. The highest BCUT2D eigenvalue weighted by atomic mass is 32.2. The van der Waals surface area contributed by atoms with Crippen molar-refractivity contribution < 1.29 is 9.84 Å². The number of hydrogen-bond donors (Lipinski definition) is 2. The third-order valence-corrected chi connectivity index (χ3v) is 6.06. The average molecular weight is 437 g/mol. The second-order valence-electron chi connectivity index (χ2n) is 8.07. The fourth-order valence-electron chi connectivity index (χ4n) is 3.48. The molecular weight excluding hydrogens is 408 g/mol. The summed E-state index contributed by atoms with van der Waals surface area (Å²) in [5.74, 6) is 1.71. The highest BCUT2D eigenvalue weighted by Crippen LogP contribution is 2.33. The molecule has 2 N–H and O–H groups in total. The number of fused-ring (bicyclic) bond motifs is 1. The van der Waals surface area contributed by atoms with Crippen molar-refractivity contribution in [2.24, 2.45) is 5.92 Å². The van der Waals surface area contributed by atoms with E-state index in [1.807, 2.05) is 30.5 Å². The van der Waals surface area contributed by atoms with E-state index in [4.69, 9.17) is 4.74 Å². The Labute approximate surface area is 186 Å². The van der Waals surface area contributed by atoms with Gasteiger partial charge in [0, 0.05) is 35.0 Å². The fraction of sp³-hybridized carbons (Fsp3) is 0.333. The quantitative estimate of drug-likeness (QED) is 0.367. The number of benzene rings is 2. The first-order valence-electron chi connectivity index (χ1n) is 10.5. The number of para-hydroxylation sites is 2. The first kappa shape index (κ1) is 21.6. The summed E-state index contributed by atoms with van der Waals surface area (Å²) in [6.45, 7) is 7.23. The molecule has 1 atom stereocenters. The van der Waals surface area contributed by atoms with Gasteiger partial charge in [-0.15, -0.1) is 10.2 Å². The molecule has 0 amide bonds. The van der Waals surface area contributed by atoms with Crippen LogP contribution in [0.5, 0.6) is 0 Å². The lowest BCUT2D eigenvalue weighted by Crippen LogP contribution is -2.20. The minimum atomic E-state index is -0.567. The molecule has 1 unspecified atom stereocenters. The summed E-state index contributed by atoms with van der Waals surface area (Å²) >= 11 is 1.49. The van der Waals surface area contributed by atoms with Crippen LogP contribution in [0.4, 0.5) is 0 Å². The van der Waals surface area contributed by atoms with Crippen molar-refractivity contribution in [1.29, 1.82) is 0 Å². The van der Waals surface area contributed by atoms with Gasteiger partial charge >= 0.3 is 0 Å². The fourth-order valence-corrected chi connectivity index (χ4v) is 4.33. The van der Waals surface area contributed by atoms with E-state index in [2.05, 4.69) is 64.8 Å². The zero-order valence-electron chi connectivity index (χ0n) is 18.1. The summed E-state index contributed by atoms with van der Waals surface area (Å²) < 4.78 is 7.66. The predicted molar refractivity (Wildman–Crippen MR) is 126 cm³/mol. The Bertz CT molecular complexity index is 1150. The molecule has 0 radical (unpaired) electrons. The molecule has 2 aromatic carbocycles. The Morgan fingerprint density at radius 3 is 2.65 bits per heavy atom. The molecule has 0 saturated heterocycles. The predicted octanol–water partition coefficient (Wildman–Crippen LogP) is 4.85. The monoisotopic (exact) mass is 436 g/mol. The Hall–Kier alpha value is -2.61. The Kier molecular flexibility index (Phi) is 6.75. The van der Waals surface area contributed by atoms with Crippen molar-refractivity contribution in [3.63, 3.8) is 0 Å². The van der Waals surface area contributed by atoms with Gasteiger partial charge in [0.25, 0.3) is 0 Å². The second kappa shape index (κ2) is 9.68. The number of thioether (sulfide) groups is 1. The highest BCUT2D eigenvalue weighted by Gasteiger charge is 2.20. The lowest BCUT2D eigenvalue weighted by atomic mass is 10.1. The van der Waals surface area contributed by atoms with Gasteiger partial charge in [-0.1, -0.05) is 62.0 Å². The molecule has 7 heteroatoms. The van der Waals surface area contributed by atoms with Crippen LogP contribution < -0.4 is 0 Å². The van der Waals surface area contributed by atoms with Crippen LogP contribution >= 0.6 is 11.8 Å². The number of nitrogens with zero attached hydrogens (tertiary/aromatic N) is 3. The molecule has 31 heavy (non-hydrogen) atoms. The van der Waals surface area contributed by atoms with Crippen molar-refractivity contribution in [2.75, 3.05) is 19.0 Å². The standard InChI is InChI=1S/C24H28N4O2S/c1-16(2)13-30-14-18(29)15-31-24-27-26-23(28(24)22-11-7-4-8-17(22)3)20-12-25-21-10-6-5-9-19(20)21/h4-12,16,18,25,29H,13-15H2,1-3H3. The van der Waals surface area contributed by atoms with Gasteiger partial charge < -0.3 is 14.8 Å². The maximum absolute atomic E-state index is 10.4. The van der Waals surface area contributed by atoms with E-state index in [1.54, 1.807) is 0 Å². The Balaban J connectivity index is 1.66. The van der Waals surface area contributed by atoms with Crippen LogP contribution in [0.3, 0.4) is 0 Å². The van der Waals surface area contributed by atoms with Crippen molar-refractivity contribution in [3.05, 3.63) is 60.3 Å². The molecule has 0 saturated carbocycles. The number of hydrogen-bond acceptors (Lipinski definition) is 5. The Morgan fingerprint density at radius 1 is 1.06 bits per heavy atom. The number of aromatic amines is 1. The maximum atomic E-state index is 10.4. The largest absolute Gasteiger partial charge is 0.390 e. The average Bonchev–Trinajstić information content (AvgIpc) is 3.36. The Morgan fingerprint density at radius 2 is 1.84 bits per heavy atom. The number of nitrogens with one attached hydrogen (secondary N) is 1. The molecule has 6 nitrogen and oxygen atoms in total. The zero-order chi connectivity index (χ0) is 21.8. The van der Waals surface area contributed by atoms with Crippen LogP contribution in [0.25, 0.3) is 28.0 Å². The van der Waals surface area contributed by atoms with E-state index in [0.717, 1.165) is 38.7 Å². The summed E-state index contributed by atoms with van der Waals surface area (Å²) in [6, 6.07) is 16.4. The third-order valence-electron chi connectivity index (χ3n) is 4.99. The van der Waals surface area contributed by atoms with E-state index in [-0.39, 0.29) is 0 Å². The minimum absolute atomic E-state index is 0.318.